The Hall–Kier alpha value is -2.22. The van der Waals surface area contributed by atoms with Crippen LogP contribution >= 0.6 is 11.6 Å². The van der Waals surface area contributed by atoms with Crippen molar-refractivity contribution in [3.63, 3.8) is 0 Å². The summed E-state index contributed by atoms with van der Waals surface area (Å²) in [4.78, 5) is 24.1. The van der Waals surface area contributed by atoms with Gasteiger partial charge in [-0.1, -0.05) is 35.9 Å². The van der Waals surface area contributed by atoms with Crippen molar-refractivity contribution in [2.75, 3.05) is 0 Å². The molecule has 2 aromatic carbocycles. The monoisotopic (exact) mass is 436 g/mol. The van der Waals surface area contributed by atoms with Crippen LogP contribution < -0.4 is 10.0 Å². The van der Waals surface area contributed by atoms with Gasteiger partial charge in [-0.3, -0.25) is 9.59 Å². The van der Waals surface area contributed by atoms with E-state index in [0.29, 0.717) is 22.7 Å². The van der Waals surface area contributed by atoms with Crippen LogP contribution in [0.3, 0.4) is 0 Å². The average Bonchev–Trinajstić information content (AvgIpc) is 2.64. The molecule has 29 heavy (non-hydrogen) atoms. The van der Waals surface area contributed by atoms with E-state index in [4.69, 9.17) is 11.6 Å². The van der Waals surface area contributed by atoms with Gasteiger partial charge in [0.05, 0.1) is 5.75 Å². The second kappa shape index (κ2) is 10.5. The van der Waals surface area contributed by atoms with Gasteiger partial charge in [0.1, 0.15) is 0 Å². The third-order valence-corrected chi connectivity index (χ3v) is 5.83. The van der Waals surface area contributed by atoms with E-state index in [9.17, 15) is 18.0 Å². The summed E-state index contributed by atoms with van der Waals surface area (Å²) in [6, 6.07) is 13.4. The number of halogens is 1. The molecule has 0 saturated carbocycles. The zero-order valence-corrected chi connectivity index (χ0v) is 18.0. The minimum Gasteiger partial charge on any atom is -0.352 e. The number of sulfonamides is 1. The largest absolute Gasteiger partial charge is 0.352 e. The molecular formula is C21H25ClN2O4S. The van der Waals surface area contributed by atoms with Crippen LogP contribution in [0.25, 0.3) is 0 Å². The van der Waals surface area contributed by atoms with Gasteiger partial charge < -0.3 is 5.32 Å². The summed E-state index contributed by atoms with van der Waals surface area (Å²) >= 11 is 5.80. The summed E-state index contributed by atoms with van der Waals surface area (Å²) < 4.78 is 26.4. The Labute approximate surface area is 176 Å². The fourth-order valence-electron chi connectivity index (χ4n) is 2.67. The topological polar surface area (TPSA) is 92.3 Å². The van der Waals surface area contributed by atoms with Crippen molar-refractivity contribution in [2.45, 2.75) is 45.0 Å². The number of amides is 1. The molecule has 0 unspecified atom stereocenters. The van der Waals surface area contributed by atoms with Crippen LogP contribution in [0.2, 0.25) is 5.02 Å². The van der Waals surface area contributed by atoms with Gasteiger partial charge in [-0.25, -0.2) is 13.1 Å². The Morgan fingerprint density at radius 2 is 1.52 bits per heavy atom. The highest BCUT2D eigenvalue weighted by Crippen LogP contribution is 2.12. The van der Waals surface area contributed by atoms with E-state index in [2.05, 4.69) is 10.0 Å². The molecule has 0 saturated heterocycles. The highest BCUT2D eigenvalue weighted by atomic mass is 35.5. The first kappa shape index (κ1) is 23.1. The Bertz CT molecular complexity index is 940. The quantitative estimate of drug-likeness (QED) is 0.558. The van der Waals surface area contributed by atoms with Crippen LogP contribution in [0.15, 0.2) is 48.5 Å². The van der Waals surface area contributed by atoms with Gasteiger partial charge in [0, 0.05) is 36.0 Å². The molecule has 2 aromatic rings. The van der Waals surface area contributed by atoms with Crippen molar-refractivity contribution in [1.29, 1.82) is 0 Å². The fourth-order valence-corrected chi connectivity index (χ4v) is 4.23. The van der Waals surface area contributed by atoms with E-state index >= 15 is 0 Å². The molecule has 0 bridgehead atoms. The Morgan fingerprint density at radius 3 is 2.10 bits per heavy atom. The number of ketones is 1. The molecule has 0 aliphatic heterocycles. The molecule has 0 spiro atoms. The smallest absolute Gasteiger partial charge is 0.220 e. The van der Waals surface area contributed by atoms with Gasteiger partial charge in [0.25, 0.3) is 0 Å². The number of carbonyl (C=O) groups excluding carboxylic acids is 2. The highest BCUT2D eigenvalue weighted by molar-refractivity contribution is 7.88. The number of nitrogens with one attached hydrogen (secondary N) is 2. The number of carbonyl (C=O) groups is 2. The van der Waals surface area contributed by atoms with E-state index in [0.717, 1.165) is 5.56 Å². The molecule has 0 heterocycles. The van der Waals surface area contributed by atoms with Gasteiger partial charge in [-0.2, -0.15) is 0 Å². The Morgan fingerprint density at radius 1 is 0.931 bits per heavy atom. The first-order valence-electron chi connectivity index (χ1n) is 9.28. The number of hydrogen-bond acceptors (Lipinski definition) is 4. The van der Waals surface area contributed by atoms with Crippen LogP contribution in [0, 0.1) is 0 Å². The summed E-state index contributed by atoms with van der Waals surface area (Å²) in [5.74, 6) is -0.428. The molecule has 2 N–H and O–H groups in total. The van der Waals surface area contributed by atoms with Gasteiger partial charge in [-0.05, 0) is 49.2 Å². The van der Waals surface area contributed by atoms with Crippen molar-refractivity contribution in [3.05, 3.63) is 70.2 Å². The van der Waals surface area contributed by atoms with Gasteiger partial charge in [0.15, 0.2) is 5.78 Å². The van der Waals surface area contributed by atoms with E-state index in [-0.39, 0.29) is 36.3 Å². The van der Waals surface area contributed by atoms with Crippen molar-refractivity contribution in [1.82, 2.24) is 10.0 Å². The van der Waals surface area contributed by atoms with Crippen molar-refractivity contribution < 1.29 is 18.0 Å². The second-order valence-corrected chi connectivity index (χ2v) is 9.25. The lowest BCUT2D eigenvalue weighted by molar-refractivity contribution is -0.121. The average molecular weight is 437 g/mol. The van der Waals surface area contributed by atoms with E-state index in [1.54, 1.807) is 62.4 Å². The molecule has 0 atom stereocenters. The van der Waals surface area contributed by atoms with Gasteiger partial charge in [0.2, 0.25) is 15.9 Å². The molecule has 2 rings (SSSR count). The molecule has 0 aliphatic carbocycles. The lowest BCUT2D eigenvalue weighted by atomic mass is 10.1. The third kappa shape index (κ3) is 8.35. The highest BCUT2D eigenvalue weighted by Gasteiger charge is 2.13. The molecule has 6 nitrogen and oxygen atoms in total. The molecule has 0 radical (unpaired) electrons. The predicted molar refractivity (Wildman–Crippen MR) is 114 cm³/mol. The van der Waals surface area contributed by atoms with Crippen LogP contribution in [0.1, 0.15) is 48.2 Å². The maximum absolute atomic E-state index is 12.1. The molecule has 1 amide bonds. The van der Waals surface area contributed by atoms with Crippen LogP contribution in [0.4, 0.5) is 0 Å². The SMILES string of the molecule is CC(C)NS(=O)(=O)Cc1ccc(CNC(=O)CCC(=O)c2ccc(Cl)cc2)cc1. The third-order valence-electron chi connectivity index (χ3n) is 4.03. The van der Waals surface area contributed by atoms with Gasteiger partial charge in [-0.15, -0.1) is 0 Å². The van der Waals surface area contributed by atoms with Crippen molar-refractivity contribution in [3.8, 4) is 0 Å². The van der Waals surface area contributed by atoms with E-state index in [1.807, 2.05) is 0 Å². The second-order valence-electron chi connectivity index (χ2n) is 7.05. The van der Waals surface area contributed by atoms with Crippen molar-refractivity contribution >= 4 is 33.3 Å². The number of rotatable bonds is 10. The standard InChI is InChI=1S/C21H25ClN2O4S/c1-15(2)24-29(27,28)14-17-5-3-16(4-6-17)13-23-21(26)12-11-20(25)18-7-9-19(22)10-8-18/h3-10,15,24H,11-14H2,1-2H3,(H,23,26). The molecule has 0 aromatic heterocycles. The van der Waals surface area contributed by atoms with Gasteiger partial charge >= 0.3 is 0 Å². The number of benzene rings is 2. The molecule has 156 valence electrons. The Kier molecular flexibility index (Phi) is 8.37. The van der Waals surface area contributed by atoms with Crippen LogP contribution in [-0.2, 0) is 27.1 Å². The number of Topliss-reactive ketones (excluding diaryl/α,β-unsaturated/α-hetero) is 1. The molecule has 8 heteroatoms. The lowest BCUT2D eigenvalue weighted by Gasteiger charge is -2.10. The maximum Gasteiger partial charge on any atom is 0.220 e. The summed E-state index contributed by atoms with van der Waals surface area (Å²) in [5, 5.41) is 3.32. The van der Waals surface area contributed by atoms with Crippen LogP contribution in [-0.4, -0.2) is 26.2 Å². The zero-order valence-electron chi connectivity index (χ0n) is 16.4. The summed E-state index contributed by atoms with van der Waals surface area (Å²) in [6.45, 7) is 3.85. The maximum atomic E-state index is 12.1. The fraction of sp³-hybridized carbons (Fsp3) is 0.333. The summed E-state index contributed by atoms with van der Waals surface area (Å²) in [5.41, 5.74) is 2.04. The molecule has 0 aliphatic rings. The molecular weight excluding hydrogens is 412 g/mol. The normalized spacial score (nSPS) is 11.4. The van der Waals surface area contributed by atoms with E-state index in [1.165, 1.54) is 0 Å². The number of hydrogen-bond donors (Lipinski definition) is 2. The zero-order chi connectivity index (χ0) is 21.4. The summed E-state index contributed by atoms with van der Waals surface area (Å²) in [7, 11) is -3.37. The van der Waals surface area contributed by atoms with Crippen LogP contribution in [0.5, 0.6) is 0 Å². The first-order valence-corrected chi connectivity index (χ1v) is 11.3. The summed E-state index contributed by atoms with van der Waals surface area (Å²) in [6.07, 6.45) is 0.214. The Balaban J connectivity index is 1.78. The minimum absolute atomic E-state index is 0.0926. The lowest BCUT2D eigenvalue weighted by Crippen LogP contribution is -2.31. The molecule has 0 fully saturated rings. The predicted octanol–water partition coefficient (Wildman–Crippen LogP) is 3.45. The minimum atomic E-state index is -3.37. The van der Waals surface area contributed by atoms with E-state index < -0.39 is 10.0 Å². The van der Waals surface area contributed by atoms with Crippen molar-refractivity contribution in [2.24, 2.45) is 0 Å². The first-order chi connectivity index (χ1) is 13.6.